The van der Waals surface area contributed by atoms with Crippen LogP contribution in [0.1, 0.15) is 44.6 Å². The molecule has 0 unspecified atom stereocenters. The molecule has 0 radical (unpaired) electrons. The van der Waals surface area contributed by atoms with E-state index in [0.717, 1.165) is 30.6 Å². The van der Waals surface area contributed by atoms with E-state index in [9.17, 15) is 0 Å². The molecule has 1 aromatic carbocycles. The van der Waals surface area contributed by atoms with Crippen LogP contribution in [0.25, 0.3) is 0 Å². The summed E-state index contributed by atoms with van der Waals surface area (Å²) in [5, 5.41) is 0. The standard InChI is InChI=1S/C16H26N2O/c1-3-18(15-7-5-4-6-8-15)12-13-9-10-14(17)11-16(13)19-2/h9-11,15H,3-8,12,17H2,1-2H3. The fourth-order valence-corrected chi connectivity index (χ4v) is 3.06. The first kappa shape index (κ1) is 14.2. The molecule has 0 saturated heterocycles. The van der Waals surface area contributed by atoms with Crippen LogP contribution in [0.3, 0.4) is 0 Å². The highest BCUT2D eigenvalue weighted by Gasteiger charge is 2.20. The van der Waals surface area contributed by atoms with Gasteiger partial charge in [-0.3, -0.25) is 4.90 Å². The summed E-state index contributed by atoms with van der Waals surface area (Å²) in [6.45, 7) is 4.31. The van der Waals surface area contributed by atoms with Crippen molar-refractivity contribution >= 4 is 5.69 Å². The van der Waals surface area contributed by atoms with E-state index in [0.29, 0.717) is 0 Å². The second kappa shape index (κ2) is 6.80. The Labute approximate surface area is 116 Å². The Kier molecular flexibility index (Phi) is 5.08. The highest BCUT2D eigenvalue weighted by atomic mass is 16.5. The molecule has 0 atom stereocenters. The second-order valence-corrected chi connectivity index (χ2v) is 5.43. The summed E-state index contributed by atoms with van der Waals surface area (Å²) in [7, 11) is 1.72. The third-order valence-corrected chi connectivity index (χ3v) is 4.18. The third kappa shape index (κ3) is 3.63. The first-order chi connectivity index (χ1) is 9.24. The van der Waals surface area contributed by atoms with Gasteiger partial charge in [0.1, 0.15) is 5.75 Å². The van der Waals surface area contributed by atoms with E-state index in [-0.39, 0.29) is 0 Å². The SMILES string of the molecule is CCN(Cc1ccc(N)cc1OC)C1CCCCC1. The molecule has 3 heteroatoms. The zero-order valence-corrected chi connectivity index (χ0v) is 12.2. The van der Waals surface area contributed by atoms with Crippen molar-refractivity contribution in [3.63, 3.8) is 0 Å². The number of hydrogen-bond donors (Lipinski definition) is 1. The minimum atomic E-state index is 0.737. The summed E-state index contributed by atoms with van der Waals surface area (Å²) < 4.78 is 5.45. The number of methoxy groups -OCH3 is 1. The summed E-state index contributed by atoms with van der Waals surface area (Å²) in [6, 6.07) is 6.72. The molecule has 1 aliphatic rings. The van der Waals surface area contributed by atoms with Crippen molar-refractivity contribution in [2.45, 2.75) is 51.6 Å². The van der Waals surface area contributed by atoms with E-state index < -0.39 is 0 Å². The molecule has 1 saturated carbocycles. The van der Waals surface area contributed by atoms with Gasteiger partial charge in [0, 0.05) is 29.9 Å². The van der Waals surface area contributed by atoms with E-state index in [2.05, 4.69) is 17.9 Å². The highest BCUT2D eigenvalue weighted by molar-refractivity contribution is 5.48. The predicted octanol–water partition coefficient (Wildman–Crippen LogP) is 3.43. The topological polar surface area (TPSA) is 38.5 Å². The van der Waals surface area contributed by atoms with Gasteiger partial charge in [0.2, 0.25) is 0 Å². The molecule has 3 nitrogen and oxygen atoms in total. The lowest BCUT2D eigenvalue weighted by atomic mass is 9.94. The van der Waals surface area contributed by atoms with Crippen LogP contribution in [0.2, 0.25) is 0 Å². The molecule has 106 valence electrons. The number of benzene rings is 1. The molecule has 1 aromatic rings. The summed E-state index contributed by atoms with van der Waals surface area (Å²) in [6.07, 6.45) is 6.83. The zero-order chi connectivity index (χ0) is 13.7. The smallest absolute Gasteiger partial charge is 0.125 e. The minimum absolute atomic E-state index is 0.737. The maximum absolute atomic E-state index is 5.82. The lowest BCUT2D eigenvalue weighted by molar-refractivity contribution is 0.154. The van der Waals surface area contributed by atoms with Gasteiger partial charge in [-0.15, -0.1) is 0 Å². The van der Waals surface area contributed by atoms with Crippen molar-refractivity contribution in [2.75, 3.05) is 19.4 Å². The average Bonchev–Trinajstić information content (AvgIpc) is 2.46. The average molecular weight is 262 g/mol. The molecule has 1 aliphatic carbocycles. The Morgan fingerprint density at radius 2 is 2.00 bits per heavy atom. The molecule has 0 aliphatic heterocycles. The molecule has 0 heterocycles. The van der Waals surface area contributed by atoms with E-state index >= 15 is 0 Å². The van der Waals surface area contributed by atoms with Crippen molar-refractivity contribution in [3.8, 4) is 5.75 Å². The third-order valence-electron chi connectivity index (χ3n) is 4.18. The summed E-state index contributed by atoms with van der Waals surface area (Å²) >= 11 is 0. The maximum atomic E-state index is 5.82. The lowest BCUT2D eigenvalue weighted by Crippen LogP contribution is -2.36. The Bertz CT molecular complexity index is 400. The van der Waals surface area contributed by atoms with Gasteiger partial charge < -0.3 is 10.5 Å². The van der Waals surface area contributed by atoms with Crippen LogP contribution in [0.15, 0.2) is 18.2 Å². The van der Waals surface area contributed by atoms with Gasteiger partial charge in [0.05, 0.1) is 7.11 Å². The summed E-state index contributed by atoms with van der Waals surface area (Å²) in [5.74, 6) is 0.911. The van der Waals surface area contributed by atoms with Crippen LogP contribution in [-0.4, -0.2) is 24.6 Å². The monoisotopic (exact) mass is 262 g/mol. The van der Waals surface area contributed by atoms with Crippen molar-refractivity contribution in [3.05, 3.63) is 23.8 Å². The molecule has 2 rings (SSSR count). The van der Waals surface area contributed by atoms with Crippen LogP contribution < -0.4 is 10.5 Å². The van der Waals surface area contributed by atoms with Gasteiger partial charge in [0.15, 0.2) is 0 Å². The first-order valence-electron chi connectivity index (χ1n) is 7.41. The van der Waals surface area contributed by atoms with Gasteiger partial charge in [0.25, 0.3) is 0 Å². The van der Waals surface area contributed by atoms with Gasteiger partial charge in [-0.1, -0.05) is 32.3 Å². The van der Waals surface area contributed by atoms with E-state index in [1.165, 1.54) is 37.7 Å². The van der Waals surface area contributed by atoms with Crippen molar-refractivity contribution in [2.24, 2.45) is 0 Å². The molecule has 0 amide bonds. The molecule has 0 aromatic heterocycles. The number of anilines is 1. The van der Waals surface area contributed by atoms with Crippen molar-refractivity contribution in [1.82, 2.24) is 4.90 Å². The van der Waals surface area contributed by atoms with Crippen LogP contribution in [-0.2, 0) is 6.54 Å². The molecule has 0 spiro atoms. The number of nitrogens with zero attached hydrogens (tertiary/aromatic N) is 1. The lowest BCUT2D eigenvalue weighted by Gasteiger charge is -2.33. The Balaban J connectivity index is 2.08. The number of nitrogens with two attached hydrogens (primary N) is 1. The Hall–Kier alpha value is -1.22. The number of ether oxygens (including phenoxy) is 1. The van der Waals surface area contributed by atoms with E-state index in [4.69, 9.17) is 10.5 Å². The fraction of sp³-hybridized carbons (Fsp3) is 0.625. The first-order valence-corrected chi connectivity index (χ1v) is 7.41. The molecular weight excluding hydrogens is 236 g/mol. The second-order valence-electron chi connectivity index (χ2n) is 5.43. The van der Waals surface area contributed by atoms with Crippen LogP contribution >= 0.6 is 0 Å². The fourth-order valence-electron chi connectivity index (χ4n) is 3.06. The molecular formula is C16H26N2O. The zero-order valence-electron chi connectivity index (χ0n) is 12.2. The van der Waals surface area contributed by atoms with Crippen LogP contribution in [0.5, 0.6) is 5.75 Å². The number of hydrogen-bond acceptors (Lipinski definition) is 3. The van der Waals surface area contributed by atoms with Crippen molar-refractivity contribution < 1.29 is 4.74 Å². The number of rotatable bonds is 5. The van der Waals surface area contributed by atoms with Gasteiger partial charge >= 0.3 is 0 Å². The summed E-state index contributed by atoms with van der Waals surface area (Å²) in [5.41, 5.74) is 7.82. The summed E-state index contributed by atoms with van der Waals surface area (Å²) in [4.78, 5) is 2.58. The molecule has 19 heavy (non-hydrogen) atoms. The quantitative estimate of drug-likeness (QED) is 0.826. The van der Waals surface area contributed by atoms with Gasteiger partial charge in [-0.05, 0) is 25.5 Å². The maximum Gasteiger partial charge on any atom is 0.125 e. The van der Waals surface area contributed by atoms with Crippen LogP contribution in [0.4, 0.5) is 5.69 Å². The minimum Gasteiger partial charge on any atom is -0.496 e. The molecule has 2 N–H and O–H groups in total. The van der Waals surface area contributed by atoms with Gasteiger partial charge in [-0.25, -0.2) is 0 Å². The predicted molar refractivity (Wildman–Crippen MR) is 80.4 cm³/mol. The van der Waals surface area contributed by atoms with Crippen LogP contribution in [0, 0.1) is 0 Å². The number of nitrogen functional groups attached to an aromatic ring is 1. The Morgan fingerprint density at radius 3 is 2.63 bits per heavy atom. The van der Waals surface area contributed by atoms with Crippen molar-refractivity contribution in [1.29, 1.82) is 0 Å². The normalized spacial score (nSPS) is 16.8. The molecule has 0 bridgehead atoms. The largest absolute Gasteiger partial charge is 0.496 e. The molecule has 1 fully saturated rings. The highest BCUT2D eigenvalue weighted by Crippen LogP contribution is 2.27. The Morgan fingerprint density at radius 1 is 1.26 bits per heavy atom. The van der Waals surface area contributed by atoms with E-state index in [1.54, 1.807) is 7.11 Å². The van der Waals surface area contributed by atoms with E-state index in [1.807, 2.05) is 12.1 Å². The van der Waals surface area contributed by atoms with Gasteiger partial charge in [-0.2, -0.15) is 0 Å².